The Bertz CT molecular complexity index is 948. The largest absolute Gasteiger partial charge is 0.469 e. The molecule has 0 aliphatic rings. The number of carbonyl (C=O) groups excluding carboxylic acids is 2. The van der Waals surface area contributed by atoms with Gasteiger partial charge in [-0.25, -0.2) is 4.98 Å². The van der Waals surface area contributed by atoms with Gasteiger partial charge in [0, 0.05) is 10.6 Å². The summed E-state index contributed by atoms with van der Waals surface area (Å²) in [6.45, 7) is 3.41. The van der Waals surface area contributed by atoms with E-state index in [1.807, 2.05) is 12.1 Å². The van der Waals surface area contributed by atoms with Gasteiger partial charge in [0.2, 0.25) is 0 Å². The minimum absolute atomic E-state index is 0.362. The minimum atomic E-state index is -0.447. The zero-order chi connectivity index (χ0) is 18.0. The molecule has 1 aromatic carbocycles. The third-order valence-corrected chi connectivity index (χ3v) is 4.91. The van der Waals surface area contributed by atoms with Crippen molar-refractivity contribution in [3.63, 3.8) is 0 Å². The first-order chi connectivity index (χ1) is 12.0. The third kappa shape index (κ3) is 3.72. The van der Waals surface area contributed by atoms with Crippen LogP contribution in [0.4, 0.5) is 0 Å². The predicted octanol–water partition coefficient (Wildman–Crippen LogP) is 3.75. The Morgan fingerprint density at radius 1 is 1.16 bits per heavy atom. The van der Waals surface area contributed by atoms with Crippen LogP contribution in [-0.4, -0.2) is 16.8 Å². The van der Waals surface area contributed by atoms with Crippen molar-refractivity contribution in [3.8, 4) is 10.6 Å². The highest BCUT2D eigenvalue weighted by atomic mass is 35.5. The van der Waals surface area contributed by atoms with Gasteiger partial charge in [0.1, 0.15) is 15.6 Å². The van der Waals surface area contributed by atoms with E-state index in [4.69, 9.17) is 16.0 Å². The Morgan fingerprint density at radius 2 is 1.92 bits per heavy atom. The summed E-state index contributed by atoms with van der Waals surface area (Å²) in [6.07, 6.45) is 1.41. The number of rotatable bonds is 3. The number of halogens is 1. The highest BCUT2D eigenvalue weighted by molar-refractivity contribution is 7.17. The number of hydrazine groups is 1. The molecule has 8 heteroatoms. The maximum Gasteiger partial charge on any atom is 0.281 e. The molecule has 0 radical (unpaired) electrons. The van der Waals surface area contributed by atoms with Gasteiger partial charge in [0.05, 0.1) is 17.5 Å². The summed E-state index contributed by atoms with van der Waals surface area (Å²) in [6, 6.07) is 8.78. The number of nitrogens with zero attached hydrogens (tertiary/aromatic N) is 1. The molecule has 0 saturated heterocycles. The quantitative estimate of drug-likeness (QED) is 0.683. The second-order valence-corrected chi connectivity index (χ2v) is 6.68. The van der Waals surface area contributed by atoms with Crippen LogP contribution in [-0.2, 0) is 0 Å². The monoisotopic (exact) mass is 375 g/mol. The van der Waals surface area contributed by atoms with Crippen molar-refractivity contribution in [1.82, 2.24) is 15.8 Å². The molecule has 2 amide bonds. The number of amides is 2. The SMILES string of the molecule is Cc1nc(-c2cccc(Cl)c2)sc1C(=O)NNC(=O)c1ccoc1C. The van der Waals surface area contributed by atoms with Crippen LogP contribution < -0.4 is 10.9 Å². The van der Waals surface area contributed by atoms with E-state index in [-0.39, 0.29) is 0 Å². The number of hydrogen-bond acceptors (Lipinski definition) is 5. The fraction of sp³-hybridized carbons (Fsp3) is 0.118. The first-order valence-electron chi connectivity index (χ1n) is 7.34. The molecule has 0 aliphatic carbocycles. The highest BCUT2D eigenvalue weighted by Gasteiger charge is 2.18. The molecule has 25 heavy (non-hydrogen) atoms. The zero-order valence-corrected chi connectivity index (χ0v) is 15.0. The Morgan fingerprint density at radius 3 is 2.60 bits per heavy atom. The fourth-order valence-corrected chi connectivity index (χ4v) is 3.36. The Balaban J connectivity index is 1.72. The van der Waals surface area contributed by atoms with Crippen LogP contribution in [0.25, 0.3) is 10.6 Å². The number of benzene rings is 1. The van der Waals surface area contributed by atoms with Crippen LogP contribution in [0.15, 0.2) is 41.0 Å². The number of thiazole rings is 1. The summed E-state index contributed by atoms with van der Waals surface area (Å²) in [5.41, 5.74) is 6.53. The molecular formula is C17H14ClN3O3S. The normalized spacial score (nSPS) is 10.5. The van der Waals surface area contributed by atoms with Gasteiger partial charge in [-0.2, -0.15) is 0 Å². The van der Waals surface area contributed by atoms with Crippen molar-refractivity contribution in [2.24, 2.45) is 0 Å². The second-order valence-electron chi connectivity index (χ2n) is 5.24. The van der Waals surface area contributed by atoms with Crippen molar-refractivity contribution in [1.29, 1.82) is 0 Å². The molecule has 3 rings (SSSR count). The van der Waals surface area contributed by atoms with E-state index in [1.54, 1.807) is 26.0 Å². The summed E-state index contributed by atoms with van der Waals surface area (Å²) in [7, 11) is 0. The maximum absolute atomic E-state index is 12.3. The van der Waals surface area contributed by atoms with E-state index in [9.17, 15) is 9.59 Å². The second kappa shape index (κ2) is 7.08. The van der Waals surface area contributed by atoms with E-state index in [2.05, 4.69) is 15.8 Å². The first kappa shape index (κ1) is 17.2. The van der Waals surface area contributed by atoms with Crippen LogP contribution in [0.1, 0.15) is 31.5 Å². The number of hydrogen-bond donors (Lipinski definition) is 2. The van der Waals surface area contributed by atoms with Gasteiger partial charge in [0.25, 0.3) is 11.8 Å². The lowest BCUT2D eigenvalue weighted by Gasteiger charge is -2.05. The standard InChI is InChI=1S/C17H14ClN3O3S/c1-9-14(25-17(19-9)11-4-3-5-12(18)8-11)16(23)21-20-15(22)13-6-7-24-10(13)2/h3-8H,1-2H3,(H,20,22)(H,21,23). The maximum atomic E-state index is 12.3. The van der Waals surface area contributed by atoms with E-state index in [1.165, 1.54) is 23.7 Å². The minimum Gasteiger partial charge on any atom is -0.469 e. The van der Waals surface area contributed by atoms with Crippen LogP contribution >= 0.6 is 22.9 Å². The molecule has 128 valence electrons. The lowest BCUT2D eigenvalue weighted by atomic mass is 10.2. The van der Waals surface area contributed by atoms with Crippen molar-refractivity contribution >= 4 is 34.8 Å². The first-order valence-corrected chi connectivity index (χ1v) is 8.53. The number of nitrogens with one attached hydrogen (secondary N) is 2. The van der Waals surface area contributed by atoms with Crippen LogP contribution in [0.3, 0.4) is 0 Å². The lowest BCUT2D eigenvalue weighted by molar-refractivity contribution is 0.0847. The molecule has 0 saturated carbocycles. The molecule has 0 aliphatic heterocycles. The van der Waals surface area contributed by atoms with Gasteiger partial charge in [-0.05, 0) is 32.0 Å². The average molecular weight is 376 g/mol. The molecule has 2 aromatic heterocycles. The van der Waals surface area contributed by atoms with Gasteiger partial charge < -0.3 is 4.42 Å². The average Bonchev–Trinajstić information content (AvgIpc) is 3.18. The third-order valence-electron chi connectivity index (χ3n) is 3.47. The summed E-state index contributed by atoms with van der Waals surface area (Å²) < 4.78 is 5.07. The van der Waals surface area contributed by atoms with Crippen molar-refractivity contribution < 1.29 is 14.0 Å². The van der Waals surface area contributed by atoms with Crippen LogP contribution in [0.5, 0.6) is 0 Å². The summed E-state index contributed by atoms with van der Waals surface area (Å²) in [5.74, 6) is -0.404. The highest BCUT2D eigenvalue weighted by Crippen LogP contribution is 2.29. The summed E-state index contributed by atoms with van der Waals surface area (Å²) in [5, 5.41) is 1.28. The van der Waals surface area contributed by atoms with Crippen LogP contribution in [0.2, 0.25) is 5.02 Å². The smallest absolute Gasteiger partial charge is 0.281 e. The summed E-state index contributed by atoms with van der Waals surface area (Å²) >= 11 is 7.22. The predicted molar refractivity (Wildman–Crippen MR) is 95.7 cm³/mol. The number of aryl methyl sites for hydroxylation is 2. The number of aromatic nitrogens is 1. The summed E-state index contributed by atoms with van der Waals surface area (Å²) in [4.78, 5) is 29.2. The molecule has 2 heterocycles. The van der Waals surface area contributed by atoms with Gasteiger partial charge in [-0.1, -0.05) is 23.7 Å². The molecule has 0 bridgehead atoms. The van der Waals surface area contributed by atoms with Crippen molar-refractivity contribution in [3.05, 3.63) is 63.5 Å². The van der Waals surface area contributed by atoms with Crippen LogP contribution in [0, 0.1) is 13.8 Å². The van der Waals surface area contributed by atoms with Gasteiger partial charge in [-0.3, -0.25) is 20.4 Å². The molecule has 0 spiro atoms. The zero-order valence-electron chi connectivity index (χ0n) is 13.4. The number of carbonyl (C=O) groups is 2. The fourth-order valence-electron chi connectivity index (χ4n) is 2.21. The van der Waals surface area contributed by atoms with Gasteiger partial charge in [0.15, 0.2) is 0 Å². The Kier molecular flexibility index (Phi) is 4.87. The van der Waals surface area contributed by atoms with E-state index < -0.39 is 11.8 Å². The molecule has 0 unspecified atom stereocenters. The Labute approximate surface area is 152 Å². The molecule has 6 nitrogen and oxygen atoms in total. The van der Waals surface area contributed by atoms with Gasteiger partial charge in [-0.15, -0.1) is 11.3 Å². The molecule has 3 aromatic rings. The molecule has 0 atom stereocenters. The topological polar surface area (TPSA) is 84.2 Å². The van der Waals surface area contributed by atoms with E-state index in [0.29, 0.717) is 31.9 Å². The van der Waals surface area contributed by atoms with Gasteiger partial charge >= 0.3 is 0 Å². The van der Waals surface area contributed by atoms with E-state index in [0.717, 1.165) is 5.56 Å². The molecule has 0 fully saturated rings. The van der Waals surface area contributed by atoms with E-state index >= 15 is 0 Å². The van der Waals surface area contributed by atoms with Crippen molar-refractivity contribution in [2.75, 3.05) is 0 Å². The lowest BCUT2D eigenvalue weighted by Crippen LogP contribution is -2.41. The Hall–Kier alpha value is -2.64. The molecular weight excluding hydrogens is 362 g/mol. The number of furan rings is 1. The van der Waals surface area contributed by atoms with Crippen molar-refractivity contribution in [2.45, 2.75) is 13.8 Å². The molecule has 2 N–H and O–H groups in total.